The second-order valence-electron chi connectivity index (χ2n) is 10.8. The molecule has 1 heterocycles. The van der Waals surface area contributed by atoms with Gasteiger partial charge in [-0.1, -0.05) is 12.8 Å². The number of alkyl carbamates (subject to hydrolysis) is 1. The van der Waals surface area contributed by atoms with Crippen molar-refractivity contribution in [3.63, 3.8) is 0 Å². The molecule has 1 atom stereocenters. The lowest BCUT2D eigenvalue weighted by molar-refractivity contribution is -0.149. The van der Waals surface area contributed by atoms with E-state index in [1.807, 2.05) is 0 Å². The number of carbonyl (C=O) groups excluding carboxylic acids is 4. The van der Waals surface area contributed by atoms with Crippen LogP contribution in [0.4, 0.5) is 15.0 Å². The number of methoxy groups -OCH3 is 1. The van der Waals surface area contributed by atoms with Crippen LogP contribution in [-0.4, -0.2) is 69.5 Å². The molecule has 12 heteroatoms. The summed E-state index contributed by atoms with van der Waals surface area (Å²) in [5, 5.41) is 11.6. The fourth-order valence-electron chi connectivity index (χ4n) is 4.66. The first-order chi connectivity index (χ1) is 16.7. The lowest BCUT2D eigenvalue weighted by Gasteiger charge is -2.46. The third kappa shape index (κ3) is 6.80. The van der Waals surface area contributed by atoms with Gasteiger partial charge in [0.15, 0.2) is 5.82 Å². The lowest BCUT2D eigenvalue weighted by atomic mass is 9.70. The zero-order chi connectivity index (χ0) is 26.7. The molecule has 36 heavy (non-hydrogen) atoms. The molecule has 0 radical (unpaired) electrons. The largest absolute Gasteiger partial charge is 0.444 e. The molecule has 11 nitrogen and oxygen atoms in total. The third-order valence-electron chi connectivity index (χ3n) is 6.52. The number of nitrogens with zero attached hydrogens (tertiary/aromatic N) is 2. The topological polar surface area (TPSA) is 141 Å². The Morgan fingerprint density at radius 2 is 1.86 bits per heavy atom. The summed E-state index contributed by atoms with van der Waals surface area (Å²) in [4.78, 5) is 51.7. The molecule has 0 aromatic carbocycles. The fourth-order valence-corrected chi connectivity index (χ4v) is 4.66. The number of hydrogen-bond acceptors (Lipinski definition) is 7. The highest BCUT2D eigenvalue weighted by molar-refractivity contribution is 6.44. The Morgan fingerprint density at radius 1 is 1.22 bits per heavy atom. The van der Waals surface area contributed by atoms with Gasteiger partial charge in [0, 0.05) is 45.7 Å². The highest BCUT2D eigenvalue weighted by Crippen LogP contribution is 2.39. The summed E-state index contributed by atoms with van der Waals surface area (Å²) in [5.41, 5.74) is -4.00. The smallest absolute Gasteiger partial charge is 0.408 e. The van der Waals surface area contributed by atoms with E-state index in [1.165, 1.54) is 17.9 Å². The molecule has 200 valence electrons. The SMILES string of the molecule is COC1CC(NC(=O)C(CC2(F)CCCC2)NC(=O)OC(C)(C)C)(C(=O)C(=O)Nc2ccn(C)n2)C1. The second kappa shape index (κ2) is 10.5. The molecule has 0 spiro atoms. The van der Waals surface area contributed by atoms with Crippen LogP contribution in [0.3, 0.4) is 0 Å². The van der Waals surface area contributed by atoms with Crippen molar-refractivity contribution in [1.82, 2.24) is 20.4 Å². The quantitative estimate of drug-likeness (QED) is 0.433. The highest BCUT2D eigenvalue weighted by atomic mass is 19.1. The number of hydrogen-bond donors (Lipinski definition) is 3. The van der Waals surface area contributed by atoms with Crippen molar-refractivity contribution in [3.8, 4) is 0 Å². The summed E-state index contributed by atoms with van der Waals surface area (Å²) in [6, 6.07) is 0.228. The van der Waals surface area contributed by atoms with Crippen molar-refractivity contribution in [2.45, 2.75) is 94.7 Å². The van der Waals surface area contributed by atoms with Crippen molar-refractivity contribution in [2.75, 3.05) is 12.4 Å². The van der Waals surface area contributed by atoms with E-state index in [0.29, 0.717) is 12.8 Å². The van der Waals surface area contributed by atoms with Crippen molar-refractivity contribution < 1.29 is 33.0 Å². The molecule has 2 aliphatic carbocycles. The highest BCUT2D eigenvalue weighted by Gasteiger charge is 2.54. The number of amides is 3. The first-order valence-electron chi connectivity index (χ1n) is 12.1. The normalized spacial score (nSPS) is 23.8. The molecule has 1 aromatic rings. The standard InChI is InChI=1S/C24H36FN5O6/c1-22(2,3)36-21(34)26-16(14-23(25)9-6-7-10-23)19(32)28-24(12-15(13-24)35-5)18(31)20(33)27-17-8-11-30(4)29-17/h8,11,15-16H,6-7,9-10,12-14H2,1-5H3,(H,26,34)(H,28,32)(H,27,29,33). The Balaban J connectivity index is 1.77. The molecule has 2 aliphatic rings. The Hall–Kier alpha value is -3.02. The van der Waals surface area contributed by atoms with Crippen molar-refractivity contribution in [2.24, 2.45) is 7.05 Å². The van der Waals surface area contributed by atoms with Crippen LogP contribution in [0.5, 0.6) is 0 Å². The van der Waals surface area contributed by atoms with Crippen LogP contribution in [0.25, 0.3) is 0 Å². The molecule has 3 N–H and O–H groups in total. The van der Waals surface area contributed by atoms with Gasteiger partial charge in [-0.15, -0.1) is 0 Å². The number of carbonyl (C=O) groups is 4. The van der Waals surface area contributed by atoms with Gasteiger partial charge in [0.25, 0.3) is 5.91 Å². The average Bonchev–Trinajstić information content (AvgIpc) is 3.35. The summed E-state index contributed by atoms with van der Waals surface area (Å²) < 4.78 is 27.4. The fraction of sp³-hybridized carbons (Fsp3) is 0.708. The number of ether oxygens (including phenoxy) is 2. The van der Waals surface area contributed by atoms with Crippen LogP contribution in [0.15, 0.2) is 12.3 Å². The monoisotopic (exact) mass is 509 g/mol. The summed E-state index contributed by atoms with van der Waals surface area (Å²) in [6.07, 6.45) is 2.14. The van der Waals surface area contributed by atoms with Gasteiger partial charge in [-0.3, -0.25) is 19.1 Å². The average molecular weight is 510 g/mol. The molecule has 1 aromatic heterocycles. The van der Waals surface area contributed by atoms with E-state index in [2.05, 4.69) is 21.0 Å². The molecule has 2 fully saturated rings. The van der Waals surface area contributed by atoms with Gasteiger partial charge < -0.3 is 25.4 Å². The van der Waals surface area contributed by atoms with E-state index < -0.39 is 46.5 Å². The molecule has 0 aliphatic heterocycles. The Labute approximate surface area is 209 Å². The summed E-state index contributed by atoms with van der Waals surface area (Å²) in [7, 11) is 3.13. The minimum absolute atomic E-state index is 0.0592. The minimum Gasteiger partial charge on any atom is -0.444 e. The van der Waals surface area contributed by atoms with E-state index in [-0.39, 0.29) is 44.0 Å². The molecule has 0 saturated heterocycles. The molecule has 3 amide bonds. The maximum absolute atomic E-state index is 15.4. The summed E-state index contributed by atoms with van der Waals surface area (Å²) in [5.74, 6) is -2.40. The number of alkyl halides is 1. The van der Waals surface area contributed by atoms with Crippen molar-refractivity contribution >= 4 is 29.5 Å². The summed E-state index contributed by atoms with van der Waals surface area (Å²) in [6.45, 7) is 5.01. The number of nitrogens with one attached hydrogen (secondary N) is 3. The predicted molar refractivity (Wildman–Crippen MR) is 128 cm³/mol. The number of anilines is 1. The first kappa shape index (κ1) is 27.6. The Kier molecular flexibility index (Phi) is 8.07. The van der Waals surface area contributed by atoms with Gasteiger partial charge >= 0.3 is 6.09 Å². The molecular weight excluding hydrogens is 473 g/mol. The van der Waals surface area contributed by atoms with Gasteiger partial charge in [0.1, 0.15) is 22.9 Å². The number of ketones is 1. The maximum Gasteiger partial charge on any atom is 0.408 e. The Bertz CT molecular complexity index is 991. The van der Waals surface area contributed by atoms with Gasteiger partial charge in [0.05, 0.1) is 6.10 Å². The molecule has 1 unspecified atom stereocenters. The van der Waals surface area contributed by atoms with Crippen LogP contribution in [0.1, 0.15) is 65.7 Å². The Morgan fingerprint density at radius 3 is 2.39 bits per heavy atom. The van der Waals surface area contributed by atoms with E-state index >= 15 is 4.39 Å². The van der Waals surface area contributed by atoms with E-state index in [4.69, 9.17) is 9.47 Å². The lowest BCUT2D eigenvalue weighted by Crippen LogP contribution is -2.69. The minimum atomic E-state index is -1.63. The zero-order valence-electron chi connectivity index (χ0n) is 21.5. The van der Waals surface area contributed by atoms with Crippen LogP contribution < -0.4 is 16.0 Å². The number of aromatic nitrogens is 2. The van der Waals surface area contributed by atoms with Gasteiger partial charge in [0.2, 0.25) is 11.7 Å². The van der Waals surface area contributed by atoms with E-state index in [9.17, 15) is 19.2 Å². The molecule has 3 rings (SSSR count). The molecular formula is C24H36FN5O6. The van der Waals surface area contributed by atoms with Crippen LogP contribution in [0, 0.1) is 0 Å². The van der Waals surface area contributed by atoms with Gasteiger partial charge in [-0.25, -0.2) is 9.18 Å². The van der Waals surface area contributed by atoms with Gasteiger partial charge in [-0.2, -0.15) is 5.10 Å². The maximum atomic E-state index is 15.4. The van der Waals surface area contributed by atoms with Crippen LogP contribution >= 0.6 is 0 Å². The number of aryl methyl sites for hydroxylation is 1. The summed E-state index contributed by atoms with van der Waals surface area (Å²) >= 11 is 0. The van der Waals surface area contributed by atoms with E-state index in [0.717, 1.165) is 0 Å². The van der Waals surface area contributed by atoms with Crippen molar-refractivity contribution in [1.29, 1.82) is 0 Å². The van der Waals surface area contributed by atoms with E-state index in [1.54, 1.807) is 34.0 Å². The predicted octanol–water partition coefficient (Wildman–Crippen LogP) is 2.16. The second-order valence-corrected chi connectivity index (χ2v) is 10.8. The molecule has 0 bridgehead atoms. The first-order valence-corrected chi connectivity index (χ1v) is 12.1. The molecule has 2 saturated carbocycles. The number of halogens is 1. The zero-order valence-corrected chi connectivity index (χ0v) is 21.5. The third-order valence-corrected chi connectivity index (χ3v) is 6.52. The van der Waals surface area contributed by atoms with Crippen LogP contribution in [0.2, 0.25) is 0 Å². The number of rotatable bonds is 9. The van der Waals surface area contributed by atoms with Crippen molar-refractivity contribution in [3.05, 3.63) is 12.3 Å². The van der Waals surface area contributed by atoms with Crippen LogP contribution in [-0.2, 0) is 30.9 Å². The number of Topliss-reactive ketones (excluding diaryl/α,β-unsaturated/α-hetero) is 1. The van der Waals surface area contributed by atoms with Gasteiger partial charge in [-0.05, 0) is 33.6 Å².